The molecule has 0 aliphatic rings. The number of nitrogens with zero attached hydrogens (tertiary/aromatic N) is 2. The Labute approximate surface area is 140 Å². The van der Waals surface area contributed by atoms with E-state index in [0.29, 0.717) is 0 Å². The van der Waals surface area contributed by atoms with E-state index in [1.54, 1.807) is 11.6 Å². The van der Waals surface area contributed by atoms with Crippen molar-refractivity contribution in [3.63, 3.8) is 0 Å². The lowest BCUT2D eigenvalue weighted by Crippen LogP contribution is -2.28. The van der Waals surface area contributed by atoms with Gasteiger partial charge in [0.1, 0.15) is 6.54 Å². The molecular weight excluding hydrogens is 393 g/mol. The van der Waals surface area contributed by atoms with E-state index < -0.39 is 0 Å². The number of halogens is 1. The van der Waals surface area contributed by atoms with Crippen molar-refractivity contribution in [2.75, 3.05) is 5.32 Å². The number of aryl methyl sites for hydroxylation is 1. The molecule has 0 unspecified atom stereocenters. The fraction of sp³-hybridized carbons (Fsp3) is 0.125. The molecule has 1 aromatic heterocycles. The lowest BCUT2D eigenvalue weighted by molar-refractivity contribution is -0.116. The van der Waals surface area contributed by atoms with Crippen LogP contribution in [0.1, 0.15) is 0 Å². The van der Waals surface area contributed by atoms with Gasteiger partial charge in [-0.1, -0.05) is 12.1 Å². The number of hydrogen-bond acceptors (Lipinski definition) is 2. The quantitative estimate of drug-likeness (QED) is 0.679. The van der Waals surface area contributed by atoms with E-state index in [2.05, 4.69) is 27.9 Å². The maximum Gasteiger partial charge on any atom is 0.329 e. The summed E-state index contributed by atoms with van der Waals surface area (Å²) in [5.74, 6) is -0.223. The summed E-state index contributed by atoms with van der Waals surface area (Å²) in [7, 11) is 1.71. The van der Waals surface area contributed by atoms with Crippen LogP contribution in [0.3, 0.4) is 0 Å². The molecule has 3 aromatic rings. The molecule has 1 N–H and O–H groups in total. The van der Waals surface area contributed by atoms with E-state index in [1.165, 1.54) is 4.57 Å². The Balaban J connectivity index is 1.87. The first kappa shape index (κ1) is 14.8. The first-order valence-corrected chi connectivity index (χ1v) is 7.84. The van der Waals surface area contributed by atoms with Gasteiger partial charge in [0.25, 0.3) is 0 Å². The van der Waals surface area contributed by atoms with E-state index in [0.717, 1.165) is 20.3 Å². The first-order valence-electron chi connectivity index (χ1n) is 6.76. The summed E-state index contributed by atoms with van der Waals surface area (Å²) in [4.78, 5) is 24.5. The molecule has 0 atom stereocenters. The van der Waals surface area contributed by atoms with E-state index in [-0.39, 0.29) is 18.1 Å². The van der Waals surface area contributed by atoms with Gasteiger partial charge in [0.2, 0.25) is 5.91 Å². The number of rotatable bonds is 3. The second kappa shape index (κ2) is 5.96. The van der Waals surface area contributed by atoms with Gasteiger partial charge in [-0.05, 0) is 59.0 Å². The lowest BCUT2D eigenvalue weighted by atomic mass is 10.3. The summed E-state index contributed by atoms with van der Waals surface area (Å²) in [5, 5.41) is 2.81. The number of carbonyl (C=O) groups excluding carboxylic acids is 1. The average molecular weight is 407 g/mol. The molecule has 0 fully saturated rings. The van der Waals surface area contributed by atoms with Crippen molar-refractivity contribution < 1.29 is 4.79 Å². The van der Waals surface area contributed by atoms with Crippen LogP contribution in [0.5, 0.6) is 0 Å². The molecule has 0 aliphatic carbocycles. The number of nitrogens with one attached hydrogen (secondary N) is 1. The Morgan fingerprint density at radius 2 is 1.73 bits per heavy atom. The van der Waals surface area contributed by atoms with Gasteiger partial charge in [-0.3, -0.25) is 13.9 Å². The highest BCUT2D eigenvalue weighted by Crippen LogP contribution is 2.13. The van der Waals surface area contributed by atoms with Gasteiger partial charge in [0, 0.05) is 16.3 Å². The Bertz CT molecular complexity index is 894. The van der Waals surface area contributed by atoms with Gasteiger partial charge in [-0.15, -0.1) is 0 Å². The Kier molecular flexibility index (Phi) is 4.02. The number of para-hydroxylation sites is 2. The molecular formula is C16H14IN3O2. The molecule has 0 saturated heterocycles. The molecule has 0 aliphatic heterocycles. The highest BCUT2D eigenvalue weighted by atomic mass is 127. The van der Waals surface area contributed by atoms with Crippen LogP contribution < -0.4 is 11.0 Å². The minimum absolute atomic E-state index is 0.00776. The Morgan fingerprint density at radius 3 is 2.41 bits per heavy atom. The van der Waals surface area contributed by atoms with Gasteiger partial charge in [0.05, 0.1) is 11.0 Å². The van der Waals surface area contributed by atoms with Gasteiger partial charge in [-0.25, -0.2) is 4.79 Å². The standard InChI is InChI=1S/C16H14IN3O2/c1-19-13-4-2-3-5-14(13)20(16(19)22)10-15(21)18-12-8-6-11(17)7-9-12/h2-9H,10H2,1H3,(H,18,21). The van der Waals surface area contributed by atoms with Gasteiger partial charge in [-0.2, -0.15) is 0 Å². The number of amides is 1. The molecule has 1 amide bonds. The number of fused-ring (bicyclic) bond motifs is 1. The predicted octanol–water partition coefficient (Wildman–Crippen LogP) is 2.58. The molecule has 6 heteroatoms. The maximum atomic E-state index is 12.3. The highest BCUT2D eigenvalue weighted by molar-refractivity contribution is 14.1. The van der Waals surface area contributed by atoms with Crippen LogP contribution in [0.25, 0.3) is 11.0 Å². The van der Waals surface area contributed by atoms with E-state index in [4.69, 9.17) is 0 Å². The fourth-order valence-corrected chi connectivity index (χ4v) is 2.75. The smallest absolute Gasteiger partial charge is 0.325 e. The zero-order valence-corrected chi connectivity index (χ0v) is 14.1. The molecule has 3 rings (SSSR count). The van der Waals surface area contributed by atoms with Crippen LogP contribution in [-0.4, -0.2) is 15.0 Å². The second-order valence-corrected chi connectivity index (χ2v) is 6.22. The van der Waals surface area contributed by atoms with E-state index >= 15 is 0 Å². The third kappa shape index (κ3) is 2.78. The van der Waals surface area contributed by atoms with Gasteiger partial charge in [0.15, 0.2) is 0 Å². The monoisotopic (exact) mass is 407 g/mol. The van der Waals surface area contributed by atoms with Crippen molar-refractivity contribution >= 4 is 45.2 Å². The van der Waals surface area contributed by atoms with E-state index in [1.807, 2.05) is 48.5 Å². The number of aromatic nitrogens is 2. The lowest BCUT2D eigenvalue weighted by Gasteiger charge is -2.06. The van der Waals surface area contributed by atoms with Crippen molar-refractivity contribution in [3.8, 4) is 0 Å². The summed E-state index contributed by atoms with van der Waals surface area (Å²) < 4.78 is 4.13. The van der Waals surface area contributed by atoms with Crippen molar-refractivity contribution in [1.29, 1.82) is 0 Å². The SMILES string of the molecule is Cn1c(=O)n(CC(=O)Nc2ccc(I)cc2)c2ccccc21. The van der Waals surface area contributed by atoms with Crippen molar-refractivity contribution in [2.24, 2.45) is 7.05 Å². The van der Waals surface area contributed by atoms with E-state index in [9.17, 15) is 9.59 Å². The Morgan fingerprint density at radius 1 is 1.09 bits per heavy atom. The average Bonchev–Trinajstić information content (AvgIpc) is 2.75. The topological polar surface area (TPSA) is 56.0 Å². The van der Waals surface area contributed by atoms with Crippen LogP contribution in [0, 0.1) is 3.57 Å². The molecule has 0 spiro atoms. The van der Waals surface area contributed by atoms with Crippen LogP contribution in [0.15, 0.2) is 53.3 Å². The van der Waals surface area contributed by atoms with Crippen molar-refractivity contribution in [1.82, 2.24) is 9.13 Å². The van der Waals surface area contributed by atoms with Gasteiger partial charge >= 0.3 is 5.69 Å². The summed E-state index contributed by atoms with van der Waals surface area (Å²) in [6, 6.07) is 14.9. The van der Waals surface area contributed by atoms with Crippen LogP contribution in [0.2, 0.25) is 0 Å². The highest BCUT2D eigenvalue weighted by Gasteiger charge is 2.13. The molecule has 112 valence electrons. The van der Waals surface area contributed by atoms with Crippen molar-refractivity contribution in [2.45, 2.75) is 6.54 Å². The summed E-state index contributed by atoms with van der Waals surface area (Å²) in [5.41, 5.74) is 2.10. The first-order chi connectivity index (χ1) is 10.6. The number of carbonyl (C=O) groups is 1. The summed E-state index contributed by atoms with van der Waals surface area (Å²) in [6.45, 7) is -0.00776. The number of anilines is 1. The number of hydrogen-bond donors (Lipinski definition) is 1. The third-order valence-corrected chi connectivity index (χ3v) is 4.20. The summed E-state index contributed by atoms with van der Waals surface area (Å²) in [6.07, 6.45) is 0. The maximum absolute atomic E-state index is 12.3. The van der Waals surface area contributed by atoms with Crippen molar-refractivity contribution in [3.05, 3.63) is 62.6 Å². The predicted molar refractivity (Wildman–Crippen MR) is 95.0 cm³/mol. The van der Waals surface area contributed by atoms with Crippen LogP contribution >= 0.6 is 22.6 Å². The summed E-state index contributed by atoms with van der Waals surface area (Å²) >= 11 is 2.20. The fourth-order valence-electron chi connectivity index (χ4n) is 2.39. The zero-order valence-electron chi connectivity index (χ0n) is 11.9. The molecule has 0 radical (unpaired) electrons. The van der Waals surface area contributed by atoms with Crippen LogP contribution in [-0.2, 0) is 18.4 Å². The second-order valence-electron chi connectivity index (χ2n) is 4.97. The molecule has 0 bridgehead atoms. The largest absolute Gasteiger partial charge is 0.329 e. The molecule has 1 heterocycles. The molecule has 2 aromatic carbocycles. The van der Waals surface area contributed by atoms with Gasteiger partial charge < -0.3 is 5.32 Å². The molecule has 5 nitrogen and oxygen atoms in total. The normalized spacial score (nSPS) is 10.8. The molecule has 22 heavy (non-hydrogen) atoms. The molecule has 0 saturated carbocycles. The zero-order chi connectivity index (χ0) is 15.7. The minimum Gasteiger partial charge on any atom is -0.325 e. The third-order valence-electron chi connectivity index (χ3n) is 3.48. The minimum atomic E-state index is -0.223. The number of benzene rings is 2. The van der Waals surface area contributed by atoms with Crippen LogP contribution in [0.4, 0.5) is 5.69 Å². The number of imidazole rings is 1. The Hall–Kier alpha value is -2.09.